The smallest absolute Gasteiger partial charge is 0.345 e. The fourth-order valence-electron chi connectivity index (χ4n) is 3.25. The molecule has 172 valence electrons. The molecule has 3 rings (SSSR count). The molecule has 0 aromatic carbocycles. The van der Waals surface area contributed by atoms with Gasteiger partial charge >= 0.3 is 10.2 Å². The molecule has 3 heterocycles. The van der Waals surface area contributed by atoms with E-state index < -0.39 is 10.2 Å². The highest BCUT2D eigenvalue weighted by Gasteiger charge is 2.32. The van der Waals surface area contributed by atoms with Crippen molar-refractivity contribution in [2.75, 3.05) is 59.1 Å². The molecule has 0 aliphatic carbocycles. The zero-order valence-corrected chi connectivity index (χ0v) is 19.8. The molecule has 1 amide bonds. The summed E-state index contributed by atoms with van der Waals surface area (Å²) in [4.78, 5) is 21.6. The summed E-state index contributed by atoms with van der Waals surface area (Å²) in [6.45, 7) is 5.07. The summed E-state index contributed by atoms with van der Waals surface area (Å²) >= 11 is 1.68. The minimum absolute atomic E-state index is 0.0195. The number of thioether (sulfide) groups is 1. The molecular weight excluding hydrogens is 440 g/mol. The summed E-state index contributed by atoms with van der Waals surface area (Å²) < 4.78 is 36.0. The van der Waals surface area contributed by atoms with Crippen molar-refractivity contribution in [2.45, 2.75) is 19.1 Å². The molecule has 31 heavy (non-hydrogen) atoms. The molecule has 0 atom stereocenters. The number of aliphatic imine (C=N–C) groups is 1. The monoisotopic (exact) mass is 470 g/mol. The van der Waals surface area contributed by atoms with Gasteiger partial charge in [0.2, 0.25) is 5.91 Å². The van der Waals surface area contributed by atoms with Gasteiger partial charge in [0.1, 0.15) is 11.5 Å². The summed E-state index contributed by atoms with van der Waals surface area (Å²) in [5, 5.41) is 0. The normalized spacial score (nSPS) is 19.7. The van der Waals surface area contributed by atoms with Crippen LogP contribution in [0.1, 0.15) is 18.4 Å². The maximum atomic E-state index is 11.9. The standard InChI is InChI=1S/C19H30N6O4S2/c1-15(26)24-9-11-25(12-10-24)19-18(21-31(27,28)22-19)20-7-13-30-14-17-5-4-16(29-17)6-8-23(2)3/h4-5H,6-14H2,1-3H3,(H,20,21). The molecule has 0 unspecified atom stereocenters. The minimum atomic E-state index is -3.76. The van der Waals surface area contributed by atoms with E-state index in [-0.39, 0.29) is 11.7 Å². The van der Waals surface area contributed by atoms with Crippen molar-refractivity contribution in [3.63, 3.8) is 0 Å². The van der Waals surface area contributed by atoms with E-state index in [2.05, 4.69) is 19.0 Å². The number of rotatable bonds is 8. The van der Waals surface area contributed by atoms with Crippen LogP contribution in [0.3, 0.4) is 0 Å². The van der Waals surface area contributed by atoms with Gasteiger partial charge in [0.25, 0.3) is 0 Å². The van der Waals surface area contributed by atoms with Gasteiger partial charge in [0.15, 0.2) is 11.7 Å². The Morgan fingerprint density at radius 2 is 1.97 bits per heavy atom. The van der Waals surface area contributed by atoms with Crippen LogP contribution in [0.4, 0.5) is 0 Å². The molecule has 10 nitrogen and oxygen atoms in total. The van der Waals surface area contributed by atoms with Crippen LogP contribution in [-0.4, -0.2) is 99.8 Å². The first-order valence-corrected chi connectivity index (χ1v) is 12.8. The number of hydrogen-bond acceptors (Lipinski definition) is 8. The summed E-state index contributed by atoms with van der Waals surface area (Å²) in [6, 6.07) is 4.02. The molecule has 0 radical (unpaired) electrons. The van der Waals surface area contributed by atoms with E-state index in [4.69, 9.17) is 4.42 Å². The van der Waals surface area contributed by atoms with Gasteiger partial charge in [-0.15, -0.1) is 4.40 Å². The highest BCUT2D eigenvalue weighted by atomic mass is 32.2. The Hall–Kier alpha value is -2.05. The van der Waals surface area contributed by atoms with Crippen LogP contribution in [0.25, 0.3) is 0 Å². The molecule has 1 aromatic rings. The lowest BCUT2D eigenvalue weighted by molar-refractivity contribution is -0.130. The average molecular weight is 471 g/mol. The third-order valence-corrected chi connectivity index (χ3v) is 6.77. The van der Waals surface area contributed by atoms with Crippen molar-refractivity contribution in [3.8, 4) is 0 Å². The molecule has 0 bridgehead atoms. The van der Waals surface area contributed by atoms with E-state index >= 15 is 0 Å². The van der Waals surface area contributed by atoms with Gasteiger partial charge in [-0.3, -0.25) is 9.79 Å². The number of carbonyl (C=O) groups excluding carboxylic acids is 1. The van der Waals surface area contributed by atoms with Crippen LogP contribution in [0.5, 0.6) is 0 Å². The largest absolute Gasteiger partial charge is 0.465 e. The van der Waals surface area contributed by atoms with Crippen molar-refractivity contribution in [2.24, 2.45) is 9.39 Å². The number of furan rings is 1. The fourth-order valence-corrected chi connectivity index (χ4v) is 4.85. The number of nitrogens with one attached hydrogen (secondary N) is 1. The van der Waals surface area contributed by atoms with E-state index in [1.54, 1.807) is 16.7 Å². The average Bonchev–Trinajstić information content (AvgIpc) is 3.29. The summed E-state index contributed by atoms with van der Waals surface area (Å²) in [7, 11) is 0.312. The second kappa shape index (κ2) is 10.5. The number of amides is 1. The first kappa shape index (κ1) is 23.6. The van der Waals surface area contributed by atoms with Crippen LogP contribution in [-0.2, 0) is 27.2 Å². The number of amidine groups is 2. The van der Waals surface area contributed by atoms with Crippen molar-refractivity contribution in [3.05, 3.63) is 23.7 Å². The Morgan fingerprint density at radius 1 is 1.26 bits per heavy atom. The number of piperazine rings is 1. The Kier molecular flexibility index (Phi) is 8.00. The van der Waals surface area contributed by atoms with E-state index in [0.29, 0.717) is 38.6 Å². The van der Waals surface area contributed by atoms with Crippen LogP contribution < -0.4 is 4.72 Å². The van der Waals surface area contributed by atoms with Crippen molar-refractivity contribution in [1.29, 1.82) is 0 Å². The zero-order chi connectivity index (χ0) is 22.4. The Morgan fingerprint density at radius 3 is 2.65 bits per heavy atom. The van der Waals surface area contributed by atoms with Crippen LogP contribution in [0, 0.1) is 0 Å². The predicted molar refractivity (Wildman–Crippen MR) is 123 cm³/mol. The summed E-state index contributed by atoms with van der Waals surface area (Å²) in [5.41, 5.74) is 0. The minimum Gasteiger partial charge on any atom is -0.465 e. The first-order valence-electron chi connectivity index (χ1n) is 10.2. The maximum absolute atomic E-state index is 11.9. The predicted octanol–water partition coefficient (Wildman–Crippen LogP) is 0.426. The molecule has 1 aromatic heterocycles. The van der Waals surface area contributed by atoms with Gasteiger partial charge < -0.3 is 19.1 Å². The highest BCUT2D eigenvalue weighted by Crippen LogP contribution is 2.16. The number of nitrogens with zero attached hydrogens (tertiary/aromatic N) is 5. The summed E-state index contributed by atoms with van der Waals surface area (Å²) in [5.74, 6) is 4.02. The number of likely N-dealkylation sites (N-methyl/N-ethyl adjacent to an activating group) is 1. The van der Waals surface area contributed by atoms with Crippen LogP contribution in [0.15, 0.2) is 25.9 Å². The highest BCUT2D eigenvalue weighted by molar-refractivity contribution is 7.98. The molecule has 1 fully saturated rings. The Balaban J connectivity index is 1.47. The van der Waals surface area contributed by atoms with E-state index in [1.165, 1.54) is 6.92 Å². The molecule has 2 aliphatic heterocycles. The lowest BCUT2D eigenvalue weighted by Crippen LogP contribution is -2.52. The quantitative estimate of drug-likeness (QED) is 0.549. The zero-order valence-electron chi connectivity index (χ0n) is 18.2. The summed E-state index contributed by atoms with van der Waals surface area (Å²) in [6.07, 6.45) is 0.883. The van der Waals surface area contributed by atoms with Gasteiger partial charge in [-0.05, 0) is 26.2 Å². The van der Waals surface area contributed by atoms with Crippen molar-refractivity contribution >= 4 is 39.5 Å². The van der Waals surface area contributed by atoms with Gasteiger partial charge in [-0.2, -0.15) is 20.2 Å². The Bertz CT molecular complexity index is 933. The van der Waals surface area contributed by atoms with E-state index in [1.807, 2.05) is 31.1 Å². The first-order chi connectivity index (χ1) is 14.7. The van der Waals surface area contributed by atoms with Gasteiger partial charge in [0, 0.05) is 51.8 Å². The second-order valence-electron chi connectivity index (χ2n) is 7.69. The molecule has 1 saturated heterocycles. The van der Waals surface area contributed by atoms with E-state index in [9.17, 15) is 13.2 Å². The molecular formula is C19H30N6O4S2. The topological polar surface area (TPSA) is 111 Å². The van der Waals surface area contributed by atoms with E-state index in [0.717, 1.165) is 36.0 Å². The molecule has 1 N–H and O–H groups in total. The molecule has 0 saturated carbocycles. The Labute approximate surface area is 187 Å². The van der Waals surface area contributed by atoms with Crippen molar-refractivity contribution < 1.29 is 17.6 Å². The van der Waals surface area contributed by atoms with Gasteiger partial charge in [-0.1, -0.05) is 0 Å². The lowest BCUT2D eigenvalue weighted by atomic mass is 10.3. The second-order valence-corrected chi connectivity index (χ2v) is 10.1. The molecule has 12 heteroatoms. The number of carbonyl (C=O) groups is 1. The van der Waals surface area contributed by atoms with Crippen LogP contribution in [0.2, 0.25) is 0 Å². The third kappa shape index (κ3) is 6.97. The van der Waals surface area contributed by atoms with Gasteiger partial charge in [0.05, 0.1) is 12.3 Å². The third-order valence-electron chi connectivity index (χ3n) is 4.94. The lowest BCUT2D eigenvalue weighted by Gasteiger charge is -2.34. The maximum Gasteiger partial charge on any atom is 0.345 e. The fraction of sp³-hybridized carbons (Fsp3) is 0.632. The molecule has 2 aliphatic rings. The molecule has 0 spiro atoms. The van der Waals surface area contributed by atoms with Crippen LogP contribution >= 0.6 is 11.8 Å². The van der Waals surface area contributed by atoms with Crippen molar-refractivity contribution in [1.82, 2.24) is 19.4 Å². The number of hydrogen-bond donors (Lipinski definition) is 1. The SMILES string of the molecule is CC(=O)N1CCN(C2=NS(=O)(=O)NC2=NCCSCc2ccc(CCN(C)C)o2)CC1. The van der Waals surface area contributed by atoms with Gasteiger partial charge in [-0.25, -0.2) is 4.72 Å².